The predicted molar refractivity (Wildman–Crippen MR) is 70.2 cm³/mol. The Hall–Kier alpha value is -0.650. The van der Waals surface area contributed by atoms with E-state index in [1.54, 1.807) is 0 Å². The highest BCUT2D eigenvalue weighted by atomic mass is 16.5. The van der Waals surface area contributed by atoms with Gasteiger partial charge in [-0.25, -0.2) is 0 Å². The van der Waals surface area contributed by atoms with Crippen LogP contribution in [0, 0.1) is 5.92 Å². The van der Waals surface area contributed by atoms with Gasteiger partial charge in [0.2, 0.25) is 5.91 Å². The van der Waals surface area contributed by atoms with Gasteiger partial charge in [-0.15, -0.1) is 0 Å². The maximum Gasteiger partial charge on any atom is 0.227 e. The molecule has 0 aromatic carbocycles. The molecule has 0 aliphatic carbocycles. The quantitative estimate of drug-likeness (QED) is 0.739. The molecule has 5 nitrogen and oxygen atoms in total. The monoisotopic (exact) mass is 255 g/mol. The Morgan fingerprint density at radius 3 is 2.72 bits per heavy atom. The number of likely N-dealkylation sites (tertiary alicyclic amines) is 1. The summed E-state index contributed by atoms with van der Waals surface area (Å²) in [6, 6.07) is 0.0376. The summed E-state index contributed by atoms with van der Waals surface area (Å²) in [7, 11) is 0. The van der Waals surface area contributed by atoms with Gasteiger partial charge in [-0.3, -0.25) is 4.79 Å². The Bertz CT molecular complexity index is 279. The smallest absolute Gasteiger partial charge is 0.227 e. The van der Waals surface area contributed by atoms with Gasteiger partial charge in [0, 0.05) is 18.6 Å². The molecule has 2 aliphatic heterocycles. The first-order chi connectivity index (χ1) is 8.66. The summed E-state index contributed by atoms with van der Waals surface area (Å²) in [6.07, 6.45) is 3.90. The van der Waals surface area contributed by atoms with Crippen LogP contribution in [0.3, 0.4) is 0 Å². The molecule has 18 heavy (non-hydrogen) atoms. The number of piperidine rings is 1. The van der Waals surface area contributed by atoms with Gasteiger partial charge in [-0.1, -0.05) is 6.42 Å². The lowest BCUT2D eigenvalue weighted by Crippen LogP contribution is -2.48. The number of hydrogen-bond acceptors (Lipinski definition) is 4. The molecular formula is C13H25N3O2. The lowest BCUT2D eigenvalue weighted by Gasteiger charge is -2.29. The zero-order valence-corrected chi connectivity index (χ0v) is 11.2. The zero-order valence-electron chi connectivity index (χ0n) is 11.2. The Labute approximate surface area is 109 Å². The summed E-state index contributed by atoms with van der Waals surface area (Å²) >= 11 is 0. The maximum atomic E-state index is 12.0. The first-order valence-corrected chi connectivity index (χ1v) is 7.03. The molecule has 0 bridgehead atoms. The number of amides is 1. The predicted octanol–water partition coefficient (Wildman–Crippen LogP) is -0.0493. The fraction of sp³-hybridized carbons (Fsp3) is 0.923. The summed E-state index contributed by atoms with van der Waals surface area (Å²) in [5.74, 6) is -0.127. The van der Waals surface area contributed by atoms with E-state index in [2.05, 4.69) is 17.1 Å². The molecule has 3 atom stereocenters. The average Bonchev–Trinajstić information content (AvgIpc) is 2.76. The highest BCUT2D eigenvalue weighted by molar-refractivity contribution is 5.80. The lowest BCUT2D eigenvalue weighted by atomic mass is 10.0. The van der Waals surface area contributed by atoms with Crippen molar-refractivity contribution in [3.05, 3.63) is 0 Å². The van der Waals surface area contributed by atoms with Crippen molar-refractivity contribution >= 4 is 5.91 Å². The van der Waals surface area contributed by atoms with E-state index in [1.165, 1.54) is 19.3 Å². The van der Waals surface area contributed by atoms with E-state index < -0.39 is 0 Å². The summed E-state index contributed by atoms with van der Waals surface area (Å²) < 4.78 is 5.23. The number of hydrogen-bond donors (Lipinski definition) is 2. The van der Waals surface area contributed by atoms with E-state index in [1.807, 2.05) is 0 Å². The highest BCUT2D eigenvalue weighted by Crippen LogP contribution is 2.12. The molecule has 1 amide bonds. The fourth-order valence-electron chi connectivity index (χ4n) is 2.77. The number of nitrogens with zero attached hydrogens (tertiary/aromatic N) is 1. The third kappa shape index (κ3) is 3.67. The molecule has 104 valence electrons. The van der Waals surface area contributed by atoms with E-state index in [0.29, 0.717) is 13.2 Å². The van der Waals surface area contributed by atoms with Gasteiger partial charge in [0.25, 0.3) is 0 Å². The SMILES string of the molecule is CC(CN1CCCCC1)NC(=O)C1COCC1N. The van der Waals surface area contributed by atoms with Crippen LogP contribution in [0.5, 0.6) is 0 Å². The fourth-order valence-corrected chi connectivity index (χ4v) is 2.77. The third-order valence-corrected chi connectivity index (χ3v) is 3.83. The van der Waals surface area contributed by atoms with Gasteiger partial charge in [-0.2, -0.15) is 0 Å². The average molecular weight is 255 g/mol. The molecule has 3 N–H and O–H groups in total. The minimum atomic E-state index is -0.172. The van der Waals surface area contributed by atoms with Crippen molar-refractivity contribution in [1.82, 2.24) is 10.2 Å². The molecule has 5 heteroatoms. The molecule has 3 unspecified atom stereocenters. The van der Waals surface area contributed by atoms with Crippen molar-refractivity contribution in [2.75, 3.05) is 32.8 Å². The van der Waals surface area contributed by atoms with E-state index in [0.717, 1.165) is 19.6 Å². The number of carbonyl (C=O) groups excluding carboxylic acids is 1. The summed E-state index contributed by atoms with van der Waals surface area (Å²) in [5, 5.41) is 3.06. The van der Waals surface area contributed by atoms with Crippen molar-refractivity contribution < 1.29 is 9.53 Å². The Morgan fingerprint density at radius 2 is 2.11 bits per heavy atom. The molecule has 0 radical (unpaired) electrons. The first kappa shape index (κ1) is 13.8. The van der Waals surface area contributed by atoms with Crippen molar-refractivity contribution in [2.45, 2.75) is 38.3 Å². The topological polar surface area (TPSA) is 67.6 Å². The van der Waals surface area contributed by atoms with Crippen LogP contribution in [0.2, 0.25) is 0 Å². The largest absolute Gasteiger partial charge is 0.379 e. The summed E-state index contributed by atoms with van der Waals surface area (Å²) in [5.41, 5.74) is 5.84. The zero-order chi connectivity index (χ0) is 13.0. The van der Waals surface area contributed by atoms with Gasteiger partial charge in [0.05, 0.1) is 19.1 Å². The normalized spacial score (nSPS) is 31.2. The van der Waals surface area contributed by atoms with E-state index in [-0.39, 0.29) is 23.9 Å². The number of rotatable bonds is 4. The molecule has 2 aliphatic rings. The Balaban J connectivity index is 1.72. The highest BCUT2D eigenvalue weighted by Gasteiger charge is 2.32. The molecular weight excluding hydrogens is 230 g/mol. The second kappa shape index (κ2) is 6.50. The minimum absolute atomic E-state index is 0.0458. The minimum Gasteiger partial charge on any atom is -0.379 e. The molecule has 0 spiro atoms. The van der Waals surface area contributed by atoms with Crippen LogP contribution >= 0.6 is 0 Å². The standard InChI is InChI=1S/C13H25N3O2/c1-10(7-16-5-3-2-4-6-16)15-13(17)11-8-18-9-12(11)14/h10-12H,2-9,14H2,1H3,(H,15,17). The van der Waals surface area contributed by atoms with Crippen LogP contribution in [-0.4, -0.2) is 55.7 Å². The second-order valence-corrected chi connectivity index (χ2v) is 5.58. The van der Waals surface area contributed by atoms with Gasteiger partial charge in [0.15, 0.2) is 0 Å². The van der Waals surface area contributed by atoms with Gasteiger partial charge in [0.1, 0.15) is 0 Å². The third-order valence-electron chi connectivity index (χ3n) is 3.83. The molecule has 2 saturated heterocycles. The Kier molecular flexibility index (Phi) is 4.97. The number of nitrogens with two attached hydrogens (primary N) is 1. The molecule has 0 aromatic heterocycles. The summed E-state index contributed by atoms with van der Waals surface area (Å²) in [6.45, 7) is 6.28. The van der Waals surface area contributed by atoms with Crippen LogP contribution in [-0.2, 0) is 9.53 Å². The van der Waals surface area contributed by atoms with Crippen molar-refractivity contribution in [3.8, 4) is 0 Å². The van der Waals surface area contributed by atoms with Gasteiger partial charge in [-0.05, 0) is 32.9 Å². The molecule has 2 heterocycles. The number of carbonyl (C=O) groups is 1. The van der Waals surface area contributed by atoms with E-state index in [9.17, 15) is 4.79 Å². The second-order valence-electron chi connectivity index (χ2n) is 5.58. The number of nitrogens with one attached hydrogen (secondary N) is 1. The van der Waals surface area contributed by atoms with Crippen LogP contribution in [0.1, 0.15) is 26.2 Å². The van der Waals surface area contributed by atoms with Crippen molar-refractivity contribution in [2.24, 2.45) is 11.7 Å². The molecule has 2 fully saturated rings. The molecule has 0 saturated carbocycles. The van der Waals surface area contributed by atoms with Crippen LogP contribution < -0.4 is 11.1 Å². The van der Waals surface area contributed by atoms with Gasteiger partial charge >= 0.3 is 0 Å². The van der Waals surface area contributed by atoms with E-state index >= 15 is 0 Å². The lowest BCUT2D eigenvalue weighted by molar-refractivity contribution is -0.126. The first-order valence-electron chi connectivity index (χ1n) is 7.03. The van der Waals surface area contributed by atoms with Crippen LogP contribution in [0.15, 0.2) is 0 Å². The van der Waals surface area contributed by atoms with E-state index in [4.69, 9.17) is 10.5 Å². The van der Waals surface area contributed by atoms with Crippen LogP contribution in [0.4, 0.5) is 0 Å². The summed E-state index contributed by atoms with van der Waals surface area (Å²) in [4.78, 5) is 14.4. The van der Waals surface area contributed by atoms with Gasteiger partial charge < -0.3 is 20.7 Å². The Morgan fingerprint density at radius 1 is 1.39 bits per heavy atom. The maximum absolute atomic E-state index is 12.0. The van der Waals surface area contributed by atoms with Crippen molar-refractivity contribution in [1.29, 1.82) is 0 Å². The molecule has 2 rings (SSSR count). The van der Waals surface area contributed by atoms with Crippen LogP contribution in [0.25, 0.3) is 0 Å². The molecule has 0 aromatic rings. The van der Waals surface area contributed by atoms with Crippen molar-refractivity contribution in [3.63, 3.8) is 0 Å². The number of ether oxygens (including phenoxy) is 1.